The third-order valence-electron chi connectivity index (χ3n) is 3.57. The summed E-state index contributed by atoms with van der Waals surface area (Å²) in [6.07, 6.45) is 0. The number of halogens is 1. The van der Waals surface area contributed by atoms with Crippen LogP contribution in [-0.2, 0) is 12.4 Å². The molecule has 0 radical (unpaired) electrons. The first kappa shape index (κ1) is 17.6. The Morgan fingerprint density at radius 1 is 1.20 bits per heavy atom. The lowest BCUT2D eigenvalue weighted by molar-refractivity contribution is 0.296. The average molecular weight is 376 g/mol. The molecule has 0 unspecified atom stereocenters. The first-order chi connectivity index (χ1) is 12.2. The van der Waals surface area contributed by atoms with Crippen LogP contribution in [0.2, 0.25) is 5.02 Å². The molecular weight excluding hydrogens is 358 g/mol. The molecule has 3 rings (SSSR count). The van der Waals surface area contributed by atoms with Gasteiger partial charge in [0.2, 0.25) is 5.16 Å². The van der Waals surface area contributed by atoms with Gasteiger partial charge in [-0.1, -0.05) is 41.6 Å². The summed E-state index contributed by atoms with van der Waals surface area (Å²) in [5, 5.41) is 8.52. The summed E-state index contributed by atoms with van der Waals surface area (Å²) in [4.78, 5) is 4.44. The molecular formula is C18H18ClN3O2S. The number of aromatic amines is 1. The van der Waals surface area contributed by atoms with Crippen molar-refractivity contribution in [1.82, 2.24) is 15.2 Å². The van der Waals surface area contributed by atoms with Gasteiger partial charge >= 0.3 is 0 Å². The van der Waals surface area contributed by atoms with Crippen molar-refractivity contribution >= 4 is 23.4 Å². The van der Waals surface area contributed by atoms with Gasteiger partial charge in [0, 0.05) is 16.3 Å². The number of methoxy groups -OCH3 is 1. The Kier molecular flexibility index (Phi) is 5.83. The SMILES string of the molecule is COc1ccccc1CSc1n[nH]c(COc2ccc(Cl)c(C)c2)n1. The highest BCUT2D eigenvalue weighted by atomic mass is 35.5. The van der Waals surface area contributed by atoms with Gasteiger partial charge in [-0.05, 0) is 36.8 Å². The summed E-state index contributed by atoms with van der Waals surface area (Å²) >= 11 is 7.56. The normalized spacial score (nSPS) is 10.7. The van der Waals surface area contributed by atoms with Crippen LogP contribution in [0, 0.1) is 6.92 Å². The molecule has 0 saturated heterocycles. The van der Waals surface area contributed by atoms with Crippen molar-refractivity contribution in [3.63, 3.8) is 0 Å². The molecule has 0 bridgehead atoms. The molecule has 0 aliphatic rings. The minimum absolute atomic E-state index is 0.323. The van der Waals surface area contributed by atoms with E-state index in [2.05, 4.69) is 15.2 Å². The predicted octanol–water partition coefficient (Wildman–Crippen LogP) is 4.65. The van der Waals surface area contributed by atoms with E-state index in [0.717, 1.165) is 33.4 Å². The molecule has 0 saturated carbocycles. The minimum Gasteiger partial charge on any atom is -0.496 e. The highest BCUT2D eigenvalue weighted by Crippen LogP contribution is 2.26. The molecule has 1 aromatic heterocycles. The van der Waals surface area contributed by atoms with Crippen LogP contribution in [0.4, 0.5) is 0 Å². The molecule has 3 aromatic rings. The number of rotatable bonds is 7. The second kappa shape index (κ2) is 8.27. The summed E-state index contributed by atoms with van der Waals surface area (Å²) in [5.41, 5.74) is 2.08. The number of para-hydroxylation sites is 1. The van der Waals surface area contributed by atoms with Gasteiger partial charge in [0.1, 0.15) is 18.1 Å². The number of hydrogen-bond donors (Lipinski definition) is 1. The van der Waals surface area contributed by atoms with Gasteiger partial charge in [0.15, 0.2) is 5.82 Å². The third kappa shape index (κ3) is 4.67. The van der Waals surface area contributed by atoms with Crippen molar-refractivity contribution in [2.75, 3.05) is 7.11 Å². The molecule has 5 nitrogen and oxygen atoms in total. The third-order valence-corrected chi connectivity index (χ3v) is 4.89. The first-order valence-corrected chi connectivity index (χ1v) is 9.07. The molecule has 0 atom stereocenters. The monoisotopic (exact) mass is 375 g/mol. The standard InChI is InChI=1S/C18H18ClN3O2S/c1-12-9-14(7-8-15(12)19)24-10-17-20-18(22-21-17)25-11-13-5-3-4-6-16(13)23-2/h3-9H,10-11H2,1-2H3,(H,20,21,22). The van der Waals surface area contributed by atoms with Crippen LogP contribution in [-0.4, -0.2) is 22.3 Å². The highest BCUT2D eigenvalue weighted by Gasteiger charge is 2.08. The van der Waals surface area contributed by atoms with Gasteiger partial charge in [-0.25, -0.2) is 4.98 Å². The van der Waals surface area contributed by atoms with Gasteiger partial charge in [0.25, 0.3) is 0 Å². The lowest BCUT2D eigenvalue weighted by Crippen LogP contribution is -1.98. The van der Waals surface area contributed by atoms with Crippen molar-refractivity contribution < 1.29 is 9.47 Å². The van der Waals surface area contributed by atoms with Crippen molar-refractivity contribution in [3.05, 3.63) is 64.4 Å². The van der Waals surface area contributed by atoms with Crippen LogP contribution in [0.1, 0.15) is 17.0 Å². The number of aryl methyl sites for hydroxylation is 1. The molecule has 1 N–H and O–H groups in total. The number of hydrogen-bond acceptors (Lipinski definition) is 5. The zero-order valence-electron chi connectivity index (χ0n) is 14.0. The zero-order chi connectivity index (χ0) is 17.6. The Hall–Kier alpha value is -2.18. The van der Waals surface area contributed by atoms with E-state index < -0.39 is 0 Å². The smallest absolute Gasteiger partial charge is 0.208 e. The van der Waals surface area contributed by atoms with E-state index in [1.807, 2.05) is 49.4 Å². The Bertz CT molecular complexity index is 854. The maximum absolute atomic E-state index is 6.01. The number of aromatic nitrogens is 3. The van der Waals surface area contributed by atoms with Gasteiger partial charge in [-0.3, -0.25) is 5.10 Å². The van der Waals surface area contributed by atoms with Crippen LogP contribution in [0.25, 0.3) is 0 Å². The average Bonchev–Trinajstić information content (AvgIpc) is 3.09. The van der Waals surface area contributed by atoms with Crippen LogP contribution in [0.5, 0.6) is 11.5 Å². The molecule has 0 amide bonds. The Balaban J connectivity index is 1.56. The summed E-state index contributed by atoms with van der Waals surface area (Å²) < 4.78 is 11.1. The van der Waals surface area contributed by atoms with E-state index in [1.54, 1.807) is 18.9 Å². The van der Waals surface area contributed by atoms with Crippen molar-refractivity contribution in [3.8, 4) is 11.5 Å². The fourth-order valence-electron chi connectivity index (χ4n) is 2.23. The predicted molar refractivity (Wildman–Crippen MR) is 99.5 cm³/mol. The maximum Gasteiger partial charge on any atom is 0.208 e. The van der Waals surface area contributed by atoms with Crippen molar-refractivity contribution in [2.24, 2.45) is 0 Å². The molecule has 2 aromatic carbocycles. The molecule has 1 heterocycles. The summed E-state index contributed by atoms with van der Waals surface area (Å²) in [6, 6.07) is 13.5. The number of benzene rings is 2. The molecule has 7 heteroatoms. The van der Waals surface area contributed by atoms with E-state index in [-0.39, 0.29) is 0 Å². The Morgan fingerprint density at radius 2 is 2.04 bits per heavy atom. The number of nitrogens with zero attached hydrogens (tertiary/aromatic N) is 2. The van der Waals surface area contributed by atoms with E-state index >= 15 is 0 Å². The van der Waals surface area contributed by atoms with E-state index in [4.69, 9.17) is 21.1 Å². The number of nitrogens with one attached hydrogen (secondary N) is 1. The maximum atomic E-state index is 6.01. The minimum atomic E-state index is 0.323. The topological polar surface area (TPSA) is 60.0 Å². The summed E-state index contributed by atoms with van der Waals surface area (Å²) in [6.45, 7) is 2.26. The van der Waals surface area contributed by atoms with Crippen LogP contribution < -0.4 is 9.47 Å². The molecule has 25 heavy (non-hydrogen) atoms. The van der Waals surface area contributed by atoms with Gasteiger partial charge in [0.05, 0.1) is 7.11 Å². The lowest BCUT2D eigenvalue weighted by Gasteiger charge is -2.06. The number of thioether (sulfide) groups is 1. The van der Waals surface area contributed by atoms with Crippen LogP contribution in [0.3, 0.4) is 0 Å². The summed E-state index contributed by atoms with van der Waals surface area (Å²) in [5.74, 6) is 3.03. The van der Waals surface area contributed by atoms with E-state index in [9.17, 15) is 0 Å². The Labute approximate surface area is 155 Å². The number of H-pyrrole nitrogens is 1. The second-order valence-corrected chi connectivity index (χ2v) is 6.71. The largest absolute Gasteiger partial charge is 0.496 e. The van der Waals surface area contributed by atoms with Crippen LogP contribution >= 0.6 is 23.4 Å². The van der Waals surface area contributed by atoms with E-state index in [0.29, 0.717) is 17.6 Å². The Morgan fingerprint density at radius 3 is 2.84 bits per heavy atom. The molecule has 0 aliphatic heterocycles. The fourth-order valence-corrected chi connectivity index (χ4v) is 3.16. The van der Waals surface area contributed by atoms with Gasteiger partial charge in [-0.15, -0.1) is 5.10 Å². The first-order valence-electron chi connectivity index (χ1n) is 7.70. The quantitative estimate of drug-likeness (QED) is 0.609. The van der Waals surface area contributed by atoms with Crippen molar-refractivity contribution in [2.45, 2.75) is 24.4 Å². The van der Waals surface area contributed by atoms with Crippen LogP contribution in [0.15, 0.2) is 47.6 Å². The highest BCUT2D eigenvalue weighted by molar-refractivity contribution is 7.98. The second-order valence-electron chi connectivity index (χ2n) is 5.36. The van der Waals surface area contributed by atoms with E-state index in [1.165, 1.54) is 0 Å². The number of ether oxygens (including phenoxy) is 2. The molecule has 130 valence electrons. The summed E-state index contributed by atoms with van der Waals surface area (Å²) in [7, 11) is 1.67. The van der Waals surface area contributed by atoms with Gasteiger partial charge in [-0.2, -0.15) is 0 Å². The van der Waals surface area contributed by atoms with Gasteiger partial charge < -0.3 is 9.47 Å². The van der Waals surface area contributed by atoms with Crippen molar-refractivity contribution in [1.29, 1.82) is 0 Å². The molecule has 0 aliphatic carbocycles. The lowest BCUT2D eigenvalue weighted by atomic mass is 10.2. The molecule has 0 fully saturated rings. The fraction of sp³-hybridized carbons (Fsp3) is 0.222. The molecule has 0 spiro atoms. The zero-order valence-corrected chi connectivity index (χ0v) is 15.5.